The van der Waals surface area contributed by atoms with Crippen molar-refractivity contribution in [3.05, 3.63) is 34.2 Å². The van der Waals surface area contributed by atoms with Crippen molar-refractivity contribution in [3.63, 3.8) is 0 Å². The molecule has 92 valence electrons. The molecule has 17 heavy (non-hydrogen) atoms. The van der Waals surface area contributed by atoms with Crippen molar-refractivity contribution >= 4 is 5.91 Å². The largest absolute Gasteiger partial charge is 0.367 e. The number of aromatic amines is 1. The van der Waals surface area contributed by atoms with Crippen LogP contribution in [0.25, 0.3) is 0 Å². The maximum absolute atomic E-state index is 12.1. The van der Waals surface area contributed by atoms with E-state index in [4.69, 9.17) is 0 Å². The van der Waals surface area contributed by atoms with E-state index < -0.39 is 0 Å². The first-order valence-corrected chi connectivity index (χ1v) is 6.18. The van der Waals surface area contributed by atoms with Crippen LogP contribution >= 0.6 is 0 Å². The fourth-order valence-electron chi connectivity index (χ4n) is 2.41. The Labute approximate surface area is 101 Å². The fourth-order valence-corrected chi connectivity index (χ4v) is 2.41. The Hall–Kier alpha value is -1.58. The van der Waals surface area contributed by atoms with E-state index in [1.165, 1.54) is 12.3 Å². The maximum atomic E-state index is 12.1. The standard InChI is InChI=1S/C13H18N2O2/c1-2-3-10-5-7-15(9-10)13(17)11-8-14-6-4-12(11)16/h4,6,8,10H,2-3,5,7,9H2,1H3,(H,14,16). The molecule has 4 heteroatoms. The highest BCUT2D eigenvalue weighted by atomic mass is 16.2. The summed E-state index contributed by atoms with van der Waals surface area (Å²) in [6, 6.07) is 1.40. The number of carbonyl (C=O) groups excluding carboxylic acids is 1. The molecule has 1 atom stereocenters. The maximum Gasteiger partial charge on any atom is 0.259 e. The molecule has 1 aliphatic rings. The Morgan fingerprint density at radius 2 is 2.41 bits per heavy atom. The molecule has 1 fully saturated rings. The highest BCUT2D eigenvalue weighted by Gasteiger charge is 2.27. The van der Waals surface area contributed by atoms with Crippen molar-refractivity contribution in [2.24, 2.45) is 5.92 Å². The van der Waals surface area contributed by atoms with Gasteiger partial charge in [-0.05, 0) is 18.8 Å². The number of carbonyl (C=O) groups is 1. The monoisotopic (exact) mass is 234 g/mol. The normalized spacial score (nSPS) is 19.6. The van der Waals surface area contributed by atoms with Gasteiger partial charge in [0.2, 0.25) is 0 Å². The van der Waals surface area contributed by atoms with E-state index in [0.29, 0.717) is 5.92 Å². The number of aromatic nitrogens is 1. The third-order valence-electron chi connectivity index (χ3n) is 3.32. The van der Waals surface area contributed by atoms with Gasteiger partial charge in [-0.25, -0.2) is 0 Å². The Kier molecular flexibility index (Phi) is 3.61. The summed E-state index contributed by atoms with van der Waals surface area (Å²) in [5.74, 6) is 0.470. The summed E-state index contributed by atoms with van der Waals surface area (Å²) in [5, 5.41) is 0. The number of amides is 1. The Morgan fingerprint density at radius 3 is 3.12 bits per heavy atom. The van der Waals surface area contributed by atoms with Crippen molar-refractivity contribution in [3.8, 4) is 0 Å². The van der Waals surface area contributed by atoms with Crippen LogP contribution in [0.1, 0.15) is 36.5 Å². The number of H-pyrrole nitrogens is 1. The molecule has 1 amide bonds. The van der Waals surface area contributed by atoms with Crippen LogP contribution in [0, 0.1) is 5.92 Å². The van der Waals surface area contributed by atoms with Crippen LogP contribution in [0.2, 0.25) is 0 Å². The number of pyridine rings is 1. The van der Waals surface area contributed by atoms with E-state index in [1.54, 1.807) is 11.1 Å². The first kappa shape index (κ1) is 11.9. The minimum atomic E-state index is -0.201. The van der Waals surface area contributed by atoms with Crippen LogP contribution < -0.4 is 5.43 Å². The van der Waals surface area contributed by atoms with Crippen molar-refractivity contribution in [2.45, 2.75) is 26.2 Å². The molecule has 1 aliphatic heterocycles. The number of rotatable bonds is 3. The van der Waals surface area contributed by atoms with Gasteiger partial charge in [-0.3, -0.25) is 9.59 Å². The van der Waals surface area contributed by atoms with E-state index in [-0.39, 0.29) is 16.9 Å². The van der Waals surface area contributed by atoms with Crippen LogP contribution in [0.15, 0.2) is 23.3 Å². The smallest absolute Gasteiger partial charge is 0.259 e. The van der Waals surface area contributed by atoms with Gasteiger partial charge in [-0.1, -0.05) is 13.3 Å². The van der Waals surface area contributed by atoms with Crippen LogP contribution in [-0.4, -0.2) is 28.9 Å². The van der Waals surface area contributed by atoms with E-state index in [1.807, 2.05) is 0 Å². The molecule has 1 unspecified atom stereocenters. The predicted molar refractivity (Wildman–Crippen MR) is 66.0 cm³/mol. The lowest BCUT2D eigenvalue weighted by Gasteiger charge is -2.15. The highest BCUT2D eigenvalue weighted by molar-refractivity contribution is 5.93. The van der Waals surface area contributed by atoms with Gasteiger partial charge in [0.15, 0.2) is 5.43 Å². The second-order valence-corrected chi connectivity index (χ2v) is 4.62. The number of hydrogen-bond donors (Lipinski definition) is 1. The zero-order valence-electron chi connectivity index (χ0n) is 10.1. The van der Waals surface area contributed by atoms with E-state index in [2.05, 4.69) is 11.9 Å². The Morgan fingerprint density at radius 1 is 1.59 bits per heavy atom. The molecule has 4 nitrogen and oxygen atoms in total. The lowest BCUT2D eigenvalue weighted by atomic mass is 10.0. The molecular formula is C13H18N2O2. The van der Waals surface area contributed by atoms with Gasteiger partial charge in [0, 0.05) is 31.5 Å². The van der Waals surface area contributed by atoms with Crippen molar-refractivity contribution in [1.82, 2.24) is 9.88 Å². The zero-order valence-corrected chi connectivity index (χ0v) is 10.1. The average molecular weight is 234 g/mol. The van der Waals surface area contributed by atoms with E-state index in [0.717, 1.165) is 32.4 Å². The number of likely N-dealkylation sites (tertiary alicyclic amines) is 1. The molecule has 1 aromatic heterocycles. The van der Waals surface area contributed by atoms with Gasteiger partial charge in [-0.15, -0.1) is 0 Å². The minimum absolute atomic E-state index is 0.134. The van der Waals surface area contributed by atoms with Gasteiger partial charge < -0.3 is 9.88 Å². The number of nitrogens with one attached hydrogen (secondary N) is 1. The molecule has 2 heterocycles. The molecule has 0 aliphatic carbocycles. The molecular weight excluding hydrogens is 216 g/mol. The van der Waals surface area contributed by atoms with Gasteiger partial charge in [0.1, 0.15) is 5.56 Å². The van der Waals surface area contributed by atoms with Gasteiger partial charge >= 0.3 is 0 Å². The van der Waals surface area contributed by atoms with E-state index >= 15 is 0 Å². The van der Waals surface area contributed by atoms with Crippen LogP contribution in [0.5, 0.6) is 0 Å². The fraction of sp³-hybridized carbons (Fsp3) is 0.538. The summed E-state index contributed by atoms with van der Waals surface area (Å²) in [4.78, 5) is 28.3. The summed E-state index contributed by atoms with van der Waals surface area (Å²) >= 11 is 0. The molecule has 0 aromatic carbocycles. The summed E-state index contributed by atoms with van der Waals surface area (Å²) in [7, 11) is 0. The first-order valence-electron chi connectivity index (χ1n) is 6.18. The Balaban J connectivity index is 2.07. The zero-order chi connectivity index (χ0) is 12.3. The second-order valence-electron chi connectivity index (χ2n) is 4.62. The van der Waals surface area contributed by atoms with E-state index in [9.17, 15) is 9.59 Å². The average Bonchev–Trinajstić information content (AvgIpc) is 2.78. The Bertz CT molecular complexity index is 453. The molecule has 1 aromatic rings. The molecule has 2 rings (SSSR count). The minimum Gasteiger partial charge on any atom is -0.367 e. The second kappa shape index (κ2) is 5.17. The summed E-state index contributed by atoms with van der Waals surface area (Å²) < 4.78 is 0. The van der Waals surface area contributed by atoms with Crippen LogP contribution in [0.4, 0.5) is 0 Å². The number of hydrogen-bond acceptors (Lipinski definition) is 2. The summed E-state index contributed by atoms with van der Waals surface area (Å²) in [6.45, 7) is 3.73. The third kappa shape index (κ3) is 2.57. The van der Waals surface area contributed by atoms with Gasteiger partial charge in [0.25, 0.3) is 5.91 Å². The van der Waals surface area contributed by atoms with Crippen molar-refractivity contribution < 1.29 is 4.79 Å². The lowest BCUT2D eigenvalue weighted by Crippen LogP contribution is -2.32. The molecule has 1 saturated heterocycles. The predicted octanol–water partition coefficient (Wildman–Crippen LogP) is 1.64. The lowest BCUT2D eigenvalue weighted by molar-refractivity contribution is 0.0785. The van der Waals surface area contributed by atoms with Crippen LogP contribution in [-0.2, 0) is 0 Å². The summed E-state index contributed by atoms with van der Waals surface area (Å²) in [5.41, 5.74) is 0.0531. The molecule has 0 saturated carbocycles. The topological polar surface area (TPSA) is 53.2 Å². The van der Waals surface area contributed by atoms with Crippen molar-refractivity contribution in [2.75, 3.05) is 13.1 Å². The highest BCUT2D eigenvalue weighted by Crippen LogP contribution is 2.21. The number of nitrogens with zero attached hydrogens (tertiary/aromatic N) is 1. The molecule has 1 N–H and O–H groups in total. The van der Waals surface area contributed by atoms with Crippen LogP contribution in [0.3, 0.4) is 0 Å². The SMILES string of the molecule is CCCC1CCN(C(=O)c2c[nH]ccc2=O)C1. The quantitative estimate of drug-likeness (QED) is 0.864. The van der Waals surface area contributed by atoms with Gasteiger partial charge in [0.05, 0.1) is 0 Å². The molecule has 0 radical (unpaired) electrons. The third-order valence-corrected chi connectivity index (χ3v) is 3.32. The van der Waals surface area contributed by atoms with Gasteiger partial charge in [-0.2, -0.15) is 0 Å². The summed E-state index contributed by atoms with van der Waals surface area (Å²) in [6.07, 6.45) is 6.42. The molecule has 0 spiro atoms. The first-order chi connectivity index (χ1) is 8.22. The molecule has 0 bridgehead atoms. The van der Waals surface area contributed by atoms with Crippen molar-refractivity contribution in [1.29, 1.82) is 0 Å².